The molecule has 0 saturated carbocycles. The summed E-state index contributed by atoms with van der Waals surface area (Å²) in [5.74, 6) is 1.35. The number of benzene rings is 1. The second kappa shape index (κ2) is 5.16. The Morgan fingerprint density at radius 1 is 1.20 bits per heavy atom. The van der Waals surface area contributed by atoms with Gasteiger partial charge in [0.2, 0.25) is 5.56 Å². The number of fused-ring (bicyclic) bond motifs is 1. The van der Waals surface area contributed by atoms with E-state index in [-0.39, 0.29) is 5.56 Å². The highest BCUT2D eigenvalue weighted by Crippen LogP contribution is 2.33. The summed E-state index contributed by atoms with van der Waals surface area (Å²) < 4.78 is 7.06. The van der Waals surface area contributed by atoms with Gasteiger partial charge in [0.25, 0.3) is 0 Å². The van der Waals surface area contributed by atoms with Gasteiger partial charge in [0.05, 0.1) is 7.11 Å². The first kappa shape index (κ1) is 13.0. The van der Waals surface area contributed by atoms with Crippen molar-refractivity contribution in [3.05, 3.63) is 63.6 Å². The van der Waals surface area contributed by atoms with Crippen LogP contribution in [0.3, 0.4) is 0 Å². The monoisotopic (exact) mass is 269 g/mol. The summed E-state index contributed by atoms with van der Waals surface area (Å²) in [4.78, 5) is 11.8. The van der Waals surface area contributed by atoms with Crippen LogP contribution in [0.5, 0.6) is 5.75 Å². The van der Waals surface area contributed by atoms with Gasteiger partial charge in [-0.1, -0.05) is 12.1 Å². The zero-order valence-corrected chi connectivity index (χ0v) is 11.9. The van der Waals surface area contributed by atoms with Crippen molar-refractivity contribution < 1.29 is 4.74 Å². The van der Waals surface area contributed by atoms with Gasteiger partial charge < -0.3 is 9.30 Å². The SMILES string of the molecule is COc1ccc2c(c1)CC[C@@H](c1cccc(=O)n1C)C2. The number of hydrogen-bond acceptors (Lipinski definition) is 2. The summed E-state index contributed by atoms with van der Waals surface area (Å²) in [6.45, 7) is 0. The Hall–Kier alpha value is -2.03. The van der Waals surface area contributed by atoms with E-state index in [0.717, 1.165) is 30.7 Å². The first-order valence-corrected chi connectivity index (χ1v) is 7.01. The minimum absolute atomic E-state index is 0.0722. The van der Waals surface area contributed by atoms with Gasteiger partial charge in [-0.2, -0.15) is 0 Å². The van der Waals surface area contributed by atoms with Crippen molar-refractivity contribution in [3.8, 4) is 5.75 Å². The molecule has 0 radical (unpaired) electrons. The fraction of sp³-hybridized carbons (Fsp3) is 0.353. The predicted molar refractivity (Wildman–Crippen MR) is 79.4 cm³/mol. The first-order chi connectivity index (χ1) is 9.69. The molecule has 0 bridgehead atoms. The molecule has 0 saturated heterocycles. The molecule has 1 aromatic carbocycles. The summed E-state index contributed by atoms with van der Waals surface area (Å²) in [6, 6.07) is 11.9. The molecule has 0 unspecified atom stereocenters. The van der Waals surface area contributed by atoms with Crippen molar-refractivity contribution >= 4 is 0 Å². The van der Waals surface area contributed by atoms with Crippen molar-refractivity contribution in [3.63, 3.8) is 0 Å². The molecule has 3 heteroatoms. The molecule has 0 fully saturated rings. The van der Waals surface area contributed by atoms with Crippen LogP contribution in [0.25, 0.3) is 0 Å². The number of nitrogens with zero attached hydrogens (tertiary/aromatic N) is 1. The molecular weight excluding hydrogens is 250 g/mol. The summed E-state index contributed by atoms with van der Waals surface area (Å²) in [7, 11) is 3.56. The number of ether oxygens (including phenoxy) is 1. The highest BCUT2D eigenvalue weighted by Gasteiger charge is 2.22. The topological polar surface area (TPSA) is 31.2 Å². The molecule has 0 spiro atoms. The average molecular weight is 269 g/mol. The van der Waals surface area contributed by atoms with Crippen molar-refractivity contribution in [2.45, 2.75) is 25.2 Å². The van der Waals surface area contributed by atoms with E-state index in [4.69, 9.17) is 4.74 Å². The molecule has 3 rings (SSSR count). The third-order valence-corrected chi connectivity index (χ3v) is 4.28. The highest BCUT2D eigenvalue weighted by molar-refractivity contribution is 5.38. The van der Waals surface area contributed by atoms with Crippen LogP contribution in [-0.4, -0.2) is 11.7 Å². The molecule has 0 aliphatic heterocycles. The standard InChI is InChI=1S/C17H19NO2/c1-18-16(4-3-5-17(18)19)14-7-6-13-11-15(20-2)9-8-12(13)10-14/h3-5,8-9,11,14H,6-7,10H2,1-2H3/t14-/m1/s1. The number of methoxy groups -OCH3 is 1. The van der Waals surface area contributed by atoms with Gasteiger partial charge in [-0.25, -0.2) is 0 Å². The minimum atomic E-state index is 0.0722. The summed E-state index contributed by atoms with van der Waals surface area (Å²) in [6.07, 6.45) is 3.12. The number of aryl methyl sites for hydroxylation is 1. The van der Waals surface area contributed by atoms with E-state index in [9.17, 15) is 4.79 Å². The summed E-state index contributed by atoms with van der Waals surface area (Å²) >= 11 is 0. The molecule has 1 heterocycles. The first-order valence-electron chi connectivity index (χ1n) is 7.01. The van der Waals surface area contributed by atoms with Gasteiger partial charge in [-0.15, -0.1) is 0 Å². The molecule has 20 heavy (non-hydrogen) atoms. The lowest BCUT2D eigenvalue weighted by Gasteiger charge is -2.26. The molecule has 3 nitrogen and oxygen atoms in total. The predicted octanol–water partition coefficient (Wildman–Crippen LogP) is 2.67. The Morgan fingerprint density at radius 3 is 2.85 bits per heavy atom. The molecule has 1 aliphatic carbocycles. The van der Waals surface area contributed by atoms with E-state index >= 15 is 0 Å². The zero-order valence-electron chi connectivity index (χ0n) is 11.9. The quantitative estimate of drug-likeness (QED) is 0.839. The number of hydrogen-bond donors (Lipinski definition) is 0. The fourth-order valence-corrected chi connectivity index (χ4v) is 3.10. The van der Waals surface area contributed by atoms with E-state index in [1.807, 2.05) is 19.2 Å². The van der Waals surface area contributed by atoms with Crippen molar-refractivity contribution in [1.29, 1.82) is 0 Å². The van der Waals surface area contributed by atoms with Crippen LogP contribution in [-0.2, 0) is 19.9 Å². The summed E-state index contributed by atoms with van der Waals surface area (Å²) in [5, 5.41) is 0. The maximum atomic E-state index is 11.8. The van der Waals surface area contributed by atoms with Crippen LogP contribution < -0.4 is 10.3 Å². The fourth-order valence-electron chi connectivity index (χ4n) is 3.10. The zero-order chi connectivity index (χ0) is 14.1. The van der Waals surface area contributed by atoms with Crippen molar-refractivity contribution in [2.24, 2.45) is 7.05 Å². The molecular formula is C17H19NO2. The largest absolute Gasteiger partial charge is 0.497 e. The van der Waals surface area contributed by atoms with Crippen LogP contribution in [0.4, 0.5) is 0 Å². The van der Waals surface area contributed by atoms with Crippen LogP contribution in [0.15, 0.2) is 41.2 Å². The lowest BCUT2D eigenvalue weighted by molar-refractivity contribution is 0.413. The van der Waals surface area contributed by atoms with Gasteiger partial charge >= 0.3 is 0 Å². The third kappa shape index (κ3) is 2.24. The van der Waals surface area contributed by atoms with E-state index in [2.05, 4.69) is 18.2 Å². The highest BCUT2D eigenvalue weighted by atomic mass is 16.5. The number of pyridine rings is 1. The maximum Gasteiger partial charge on any atom is 0.250 e. The smallest absolute Gasteiger partial charge is 0.250 e. The van der Waals surface area contributed by atoms with Crippen LogP contribution in [0.2, 0.25) is 0 Å². The Balaban J connectivity index is 1.92. The molecule has 1 atom stereocenters. The van der Waals surface area contributed by atoms with Gasteiger partial charge in [0, 0.05) is 24.7 Å². The molecule has 104 valence electrons. The minimum Gasteiger partial charge on any atom is -0.497 e. The molecule has 0 amide bonds. The Bertz CT molecular complexity index is 688. The molecule has 1 aliphatic rings. The lowest BCUT2D eigenvalue weighted by Crippen LogP contribution is -2.23. The van der Waals surface area contributed by atoms with Gasteiger partial charge in [-0.05, 0) is 48.6 Å². The normalized spacial score (nSPS) is 17.6. The second-order valence-electron chi connectivity index (χ2n) is 5.42. The van der Waals surface area contributed by atoms with Gasteiger partial charge in [0.15, 0.2) is 0 Å². The van der Waals surface area contributed by atoms with E-state index < -0.39 is 0 Å². The van der Waals surface area contributed by atoms with E-state index in [0.29, 0.717) is 5.92 Å². The lowest BCUT2D eigenvalue weighted by atomic mass is 9.82. The van der Waals surface area contributed by atoms with E-state index in [1.165, 1.54) is 11.1 Å². The Labute approximate surface area is 118 Å². The van der Waals surface area contributed by atoms with Crippen LogP contribution in [0.1, 0.15) is 29.2 Å². The third-order valence-electron chi connectivity index (χ3n) is 4.28. The van der Waals surface area contributed by atoms with Gasteiger partial charge in [0.1, 0.15) is 5.75 Å². The second-order valence-corrected chi connectivity index (χ2v) is 5.42. The van der Waals surface area contributed by atoms with Crippen LogP contribution >= 0.6 is 0 Å². The van der Waals surface area contributed by atoms with Crippen LogP contribution in [0, 0.1) is 0 Å². The van der Waals surface area contributed by atoms with Gasteiger partial charge in [-0.3, -0.25) is 4.79 Å². The number of aromatic nitrogens is 1. The summed E-state index contributed by atoms with van der Waals surface area (Å²) in [5.41, 5.74) is 3.96. The molecule has 2 aromatic rings. The van der Waals surface area contributed by atoms with Crippen molar-refractivity contribution in [2.75, 3.05) is 7.11 Å². The Morgan fingerprint density at radius 2 is 2.05 bits per heavy atom. The number of rotatable bonds is 2. The van der Waals surface area contributed by atoms with E-state index in [1.54, 1.807) is 17.7 Å². The molecule has 0 N–H and O–H groups in total. The average Bonchev–Trinajstić information content (AvgIpc) is 2.49. The van der Waals surface area contributed by atoms with Crippen molar-refractivity contribution in [1.82, 2.24) is 4.57 Å². The molecule has 1 aromatic heterocycles. The maximum absolute atomic E-state index is 11.8. The Kier molecular flexibility index (Phi) is 3.35.